The summed E-state index contributed by atoms with van der Waals surface area (Å²) in [7, 11) is 0. The van der Waals surface area contributed by atoms with E-state index in [1.165, 1.54) is 6.07 Å². The molecule has 0 radical (unpaired) electrons. The van der Waals surface area contributed by atoms with Crippen LogP contribution in [0.15, 0.2) is 24.3 Å². The van der Waals surface area contributed by atoms with Crippen molar-refractivity contribution in [3.63, 3.8) is 0 Å². The SMILES string of the molecule is CC(CN1CCCOCC1)C(O)c1ccccc1F. The number of aliphatic hydroxyl groups is 1. The lowest BCUT2D eigenvalue weighted by molar-refractivity contribution is 0.0821. The fraction of sp³-hybridized carbons (Fsp3) is 0.600. The lowest BCUT2D eigenvalue weighted by atomic mass is 9.96. The molecule has 106 valence electrons. The van der Waals surface area contributed by atoms with Crippen molar-refractivity contribution in [3.05, 3.63) is 35.6 Å². The van der Waals surface area contributed by atoms with Crippen LogP contribution in [0.25, 0.3) is 0 Å². The van der Waals surface area contributed by atoms with Crippen molar-refractivity contribution in [2.45, 2.75) is 19.4 Å². The molecule has 0 aromatic heterocycles. The van der Waals surface area contributed by atoms with Gasteiger partial charge in [-0.15, -0.1) is 0 Å². The Bertz CT molecular complexity index is 391. The molecule has 0 spiro atoms. The molecule has 1 saturated heterocycles. The Balaban J connectivity index is 1.95. The van der Waals surface area contributed by atoms with Gasteiger partial charge in [0.1, 0.15) is 5.82 Å². The van der Waals surface area contributed by atoms with E-state index in [9.17, 15) is 9.50 Å². The van der Waals surface area contributed by atoms with Gasteiger partial charge in [-0.1, -0.05) is 25.1 Å². The molecule has 0 bridgehead atoms. The molecular formula is C15H22FNO2. The average molecular weight is 267 g/mol. The van der Waals surface area contributed by atoms with Gasteiger partial charge >= 0.3 is 0 Å². The Morgan fingerprint density at radius 3 is 2.89 bits per heavy atom. The standard InChI is InChI=1S/C15H22FNO2/c1-12(11-17-7-4-9-19-10-8-17)15(18)13-5-2-3-6-14(13)16/h2-3,5-6,12,15,18H,4,7-11H2,1H3. The summed E-state index contributed by atoms with van der Waals surface area (Å²) in [4.78, 5) is 2.28. The first-order valence-electron chi connectivity index (χ1n) is 6.91. The summed E-state index contributed by atoms with van der Waals surface area (Å²) in [6.07, 6.45) is 0.257. The molecule has 2 atom stereocenters. The topological polar surface area (TPSA) is 32.7 Å². The van der Waals surface area contributed by atoms with Gasteiger partial charge in [-0.3, -0.25) is 0 Å². The second-order valence-corrected chi connectivity index (χ2v) is 5.21. The molecule has 19 heavy (non-hydrogen) atoms. The number of aliphatic hydroxyl groups excluding tert-OH is 1. The lowest BCUT2D eigenvalue weighted by Crippen LogP contribution is -2.33. The monoisotopic (exact) mass is 267 g/mol. The molecule has 1 heterocycles. The molecule has 0 saturated carbocycles. The quantitative estimate of drug-likeness (QED) is 0.908. The van der Waals surface area contributed by atoms with E-state index in [2.05, 4.69) is 4.90 Å². The van der Waals surface area contributed by atoms with Crippen molar-refractivity contribution < 1.29 is 14.2 Å². The Hall–Kier alpha value is -0.970. The highest BCUT2D eigenvalue weighted by atomic mass is 19.1. The van der Waals surface area contributed by atoms with Crippen molar-refractivity contribution in [1.82, 2.24) is 4.90 Å². The maximum Gasteiger partial charge on any atom is 0.129 e. The van der Waals surface area contributed by atoms with Crippen LogP contribution >= 0.6 is 0 Å². The summed E-state index contributed by atoms with van der Waals surface area (Å²) in [5.41, 5.74) is 0.390. The van der Waals surface area contributed by atoms with Gasteiger partial charge < -0.3 is 14.7 Å². The van der Waals surface area contributed by atoms with Crippen LogP contribution in [-0.2, 0) is 4.74 Å². The van der Waals surface area contributed by atoms with Crippen LogP contribution in [0.3, 0.4) is 0 Å². The van der Waals surface area contributed by atoms with Crippen LogP contribution in [0.1, 0.15) is 25.0 Å². The van der Waals surface area contributed by atoms with Gasteiger partial charge in [0.05, 0.1) is 12.7 Å². The summed E-state index contributed by atoms with van der Waals surface area (Å²) in [6.45, 7) is 6.13. The Morgan fingerprint density at radius 1 is 1.32 bits per heavy atom. The van der Waals surface area contributed by atoms with E-state index in [1.54, 1.807) is 18.2 Å². The first-order valence-corrected chi connectivity index (χ1v) is 6.91. The third kappa shape index (κ3) is 4.00. The molecule has 3 nitrogen and oxygen atoms in total. The number of ether oxygens (including phenoxy) is 1. The molecular weight excluding hydrogens is 245 g/mol. The van der Waals surface area contributed by atoms with Gasteiger partial charge in [-0.2, -0.15) is 0 Å². The molecule has 1 aliphatic rings. The molecule has 1 N–H and O–H groups in total. The summed E-state index contributed by atoms with van der Waals surface area (Å²) < 4.78 is 19.1. The number of nitrogens with zero attached hydrogens (tertiary/aromatic N) is 1. The molecule has 4 heteroatoms. The minimum absolute atomic E-state index is 0.00463. The fourth-order valence-corrected chi connectivity index (χ4v) is 2.51. The second kappa shape index (κ2) is 6.98. The third-order valence-corrected chi connectivity index (χ3v) is 3.62. The molecule has 1 fully saturated rings. The third-order valence-electron chi connectivity index (χ3n) is 3.62. The normalized spacial score (nSPS) is 20.8. The van der Waals surface area contributed by atoms with Crippen LogP contribution in [-0.4, -0.2) is 42.9 Å². The highest BCUT2D eigenvalue weighted by Crippen LogP contribution is 2.25. The van der Waals surface area contributed by atoms with Gasteiger partial charge in [0, 0.05) is 31.8 Å². The highest BCUT2D eigenvalue weighted by molar-refractivity contribution is 5.20. The zero-order valence-electron chi connectivity index (χ0n) is 11.4. The summed E-state index contributed by atoms with van der Waals surface area (Å²) in [6, 6.07) is 6.45. The zero-order chi connectivity index (χ0) is 13.7. The summed E-state index contributed by atoms with van der Waals surface area (Å²) in [5.74, 6) is -0.337. The van der Waals surface area contributed by atoms with Gasteiger partial charge in [-0.05, 0) is 18.4 Å². The minimum atomic E-state index is -0.759. The summed E-state index contributed by atoms with van der Waals surface area (Å²) >= 11 is 0. The van der Waals surface area contributed by atoms with Crippen molar-refractivity contribution in [1.29, 1.82) is 0 Å². The van der Waals surface area contributed by atoms with E-state index in [-0.39, 0.29) is 11.7 Å². The van der Waals surface area contributed by atoms with Crippen molar-refractivity contribution >= 4 is 0 Å². The van der Waals surface area contributed by atoms with E-state index in [1.807, 2.05) is 6.92 Å². The molecule has 2 unspecified atom stereocenters. The van der Waals surface area contributed by atoms with Gasteiger partial charge in [0.25, 0.3) is 0 Å². The maximum absolute atomic E-state index is 13.7. The Morgan fingerprint density at radius 2 is 2.11 bits per heavy atom. The van der Waals surface area contributed by atoms with Crippen molar-refractivity contribution in [3.8, 4) is 0 Å². The van der Waals surface area contributed by atoms with E-state index in [4.69, 9.17) is 4.74 Å². The van der Waals surface area contributed by atoms with Crippen molar-refractivity contribution in [2.75, 3.05) is 32.8 Å². The first-order chi connectivity index (χ1) is 9.18. The van der Waals surface area contributed by atoms with Gasteiger partial charge in [0.2, 0.25) is 0 Å². The predicted octanol–water partition coefficient (Wildman–Crippen LogP) is 2.22. The van der Waals surface area contributed by atoms with Crippen LogP contribution < -0.4 is 0 Å². The van der Waals surface area contributed by atoms with Gasteiger partial charge in [-0.25, -0.2) is 4.39 Å². The van der Waals surface area contributed by atoms with Crippen LogP contribution in [0.2, 0.25) is 0 Å². The van der Waals surface area contributed by atoms with E-state index in [0.717, 1.165) is 39.3 Å². The molecule has 1 aromatic rings. The number of halogens is 1. The van der Waals surface area contributed by atoms with E-state index >= 15 is 0 Å². The number of rotatable bonds is 4. The molecule has 2 rings (SSSR count). The van der Waals surface area contributed by atoms with Crippen LogP contribution in [0, 0.1) is 11.7 Å². The highest BCUT2D eigenvalue weighted by Gasteiger charge is 2.22. The molecule has 0 amide bonds. The summed E-state index contributed by atoms with van der Waals surface area (Å²) in [5, 5.41) is 10.3. The Kier molecular flexibility index (Phi) is 5.31. The van der Waals surface area contributed by atoms with Crippen molar-refractivity contribution in [2.24, 2.45) is 5.92 Å². The van der Waals surface area contributed by atoms with Crippen LogP contribution in [0.5, 0.6) is 0 Å². The van der Waals surface area contributed by atoms with Crippen LogP contribution in [0.4, 0.5) is 4.39 Å². The Labute approximate surface area is 114 Å². The zero-order valence-corrected chi connectivity index (χ0v) is 11.4. The first kappa shape index (κ1) is 14.4. The second-order valence-electron chi connectivity index (χ2n) is 5.21. The van der Waals surface area contributed by atoms with E-state index in [0.29, 0.717) is 5.56 Å². The number of hydrogen-bond acceptors (Lipinski definition) is 3. The molecule has 1 aliphatic heterocycles. The smallest absolute Gasteiger partial charge is 0.129 e. The largest absolute Gasteiger partial charge is 0.388 e. The van der Waals surface area contributed by atoms with Gasteiger partial charge in [0.15, 0.2) is 0 Å². The minimum Gasteiger partial charge on any atom is -0.388 e. The average Bonchev–Trinajstić information content (AvgIpc) is 2.67. The number of benzene rings is 1. The predicted molar refractivity (Wildman–Crippen MR) is 72.4 cm³/mol. The molecule has 1 aromatic carbocycles. The molecule has 0 aliphatic carbocycles. The number of hydrogen-bond donors (Lipinski definition) is 1. The van der Waals surface area contributed by atoms with E-state index < -0.39 is 6.10 Å². The lowest BCUT2D eigenvalue weighted by Gasteiger charge is -2.27. The fourth-order valence-electron chi connectivity index (χ4n) is 2.51. The maximum atomic E-state index is 13.7.